The number of aryl methyl sites for hydroxylation is 2. The zero-order valence-corrected chi connectivity index (χ0v) is 11.3. The van der Waals surface area contributed by atoms with Crippen LogP contribution in [0, 0.1) is 6.92 Å². The van der Waals surface area contributed by atoms with E-state index in [1.807, 2.05) is 6.07 Å². The number of aromatic nitrogens is 1. The average molecular weight is 315 g/mol. The molecule has 1 aromatic carbocycles. The van der Waals surface area contributed by atoms with Crippen LogP contribution in [0.2, 0.25) is 0 Å². The number of benzene rings is 1. The van der Waals surface area contributed by atoms with Crippen molar-refractivity contribution in [3.8, 4) is 5.75 Å². The van der Waals surface area contributed by atoms with E-state index in [2.05, 4.69) is 42.9 Å². The zero-order valence-electron chi connectivity index (χ0n) is 9.12. The lowest BCUT2D eigenvalue weighted by atomic mass is 10.1. The van der Waals surface area contributed by atoms with Gasteiger partial charge in [-0.15, -0.1) is 0 Å². The third-order valence-corrected chi connectivity index (χ3v) is 2.55. The molecule has 0 fully saturated rings. The van der Waals surface area contributed by atoms with Crippen LogP contribution in [-0.2, 0) is 7.05 Å². The van der Waals surface area contributed by atoms with Gasteiger partial charge in [0.1, 0.15) is 12.8 Å². The highest BCUT2D eigenvalue weighted by molar-refractivity contribution is 5.82. The highest BCUT2D eigenvalue weighted by atomic mass is 127. The SMILES string of the molecule is COc1ccc2c[n+](C)c(C)cc2c1.[I-]. The minimum absolute atomic E-state index is 0. The molecule has 3 heteroatoms. The molecule has 80 valence electrons. The summed E-state index contributed by atoms with van der Waals surface area (Å²) in [5.74, 6) is 0.908. The summed E-state index contributed by atoms with van der Waals surface area (Å²) >= 11 is 0. The zero-order chi connectivity index (χ0) is 10.1. The van der Waals surface area contributed by atoms with E-state index < -0.39 is 0 Å². The molecule has 0 atom stereocenters. The molecular formula is C12H14INO. The molecule has 2 aromatic rings. The number of nitrogens with zero attached hydrogens (tertiary/aromatic N) is 1. The second-order valence-corrected chi connectivity index (χ2v) is 3.52. The van der Waals surface area contributed by atoms with Gasteiger partial charge >= 0.3 is 0 Å². The second kappa shape index (κ2) is 4.79. The largest absolute Gasteiger partial charge is 1.00 e. The first-order chi connectivity index (χ1) is 6.70. The van der Waals surface area contributed by atoms with E-state index in [1.54, 1.807) is 7.11 Å². The molecule has 0 spiro atoms. The Morgan fingerprint density at radius 2 is 1.87 bits per heavy atom. The van der Waals surface area contributed by atoms with E-state index in [1.165, 1.54) is 16.5 Å². The van der Waals surface area contributed by atoms with Gasteiger partial charge in [0.25, 0.3) is 0 Å². The predicted octanol–water partition coefficient (Wildman–Crippen LogP) is -1.01. The number of hydrogen-bond acceptors (Lipinski definition) is 1. The van der Waals surface area contributed by atoms with Crippen LogP contribution < -0.4 is 33.3 Å². The Kier molecular flexibility index (Phi) is 3.90. The Hall–Kier alpha value is -0.840. The molecule has 0 aliphatic carbocycles. The molecular weight excluding hydrogens is 301 g/mol. The van der Waals surface area contributed by atoms with Gasteiger partial charge in [-0.3, -0.25) is 0 Å². The van der Waals surface area contributed by atoms with E-state index in [4.69, 9.17) is 4.74 Å². The van der Waals surface area contributed by atoms with E-state index in [0.29, 0.717) is 0 Å². The quantitative estimate of drug-likeness (QED) is 0.485. The fraction of sp³-hybridized carbons (Fsp3) is 0.250. The summed E-state index contributed by atoms with van der Waals surface area (Å²) in [6.07, 6.45) is 2.13. The molecule has 1 heterocycles. The van der Waals surface area contributed by atoms with Crippen LogP contribution in [0.1, 0.15) is 5.69 Å². The topological polar surface area (TPSA) is 13.1 Å². The molecule has 0 unspecified atom stereocenters. The van der Waals surface area contributed by atoms with Gasteiger partial charge in [0.2, 0.25) is 0 Å². The number of pyridine rings is 1. The Morgan fingerprint density at radius 1 is 1.13 bits per heavy atom. The normalized spacial score (nSPS) is 9.80. The molecule has 0 radical (unpaired) electrons. The summed E-state index contributed by atoms with van der Waals surface area (Å²) in [4.78, 5) is 0. The van der Waals surface area contributed by atoms with Crippen molar-refractivity contribution in [2.75, 3.05) is 7.11 Å². The third kappa shape index (κ3) is 2.40. The number of rotatable bonds is 1. The van der Waals surface area contributed by atoms with E-state index in [9.17, 15) is 0 Å². The molecule has 0 aliphatic rings. The Labute approximate surface area is 107 Å². The molecule has 2 nitrogen and oxygen atoms in total. The molecule has 0 bridgehead atoms. The van der Waals surface area contributed by atoms with Gasteiger partial charge < -0.3 is 28.7 Å². The van der Waals surface area contributed by atoms with Gasteiger partial charge in [0.15, 0.2) is 11.9 Å². The van der Waals surface area contributed by atoms with Crippen molar-refractivity contribution in [2.24, 2.45) is 7.05 Å². The number of hydrogen-bond donors (Lipinski definition) is 0. The number of methoxy groups -OCH3 is 1. The van der Waals surface area contributed by atoms with Gasteiger partial charge in [-0.25, -0.2) is 4.57 Å². The molecule has 1 aromatic heterocycles. The predicted molar refractivity (Wildman–Crippen MR) is 56.4 cm³/mol. The highest BCUT2D eigenvalue weighted by Gasteiger charge is 2.04. The van der Waals surface area contributed by atoms with Gasteiger partial charge in [0.05, 0.1) is 7.11 Å². The fourth-order valence-electron chi connectivity index (χ4n) is 1.56. The standard InChI is InChI=1S/C12H14NO.HI/c1-9-6-11-7-12(14-3)5-4-10(11)8-13(9)2;/h4-8H,1-3H3;1H/q+1;/p-1. The first-order valence-corrected chi connectivity index (χ1v) is 4.65. The average Bonchev–Trinajstić information content (AvgIpc) is 2.19. The summed E-state index contributed by atoms with van der Waals surface area (Å²) in [6.45, 7) is 2.10. The molecule has 0 N–H and O–H groups in total. The van der Waals surface area contributed by atoms with Crippen molar-refractivity contribution < 1.29 is 33.3 Å². The molecule has 2 rings (SSSR count). The summed E-state index contributed by atoms with van der Waals surface area (Å²) in [5.41, 5.74) is 1.24. The summed E-state index contributed by atoms with van der Waals surface area (Å²) < 4.78 is 7.31. The lowest BCUT2D eigenvalue weighted by molar-refractivity contribution is -0.676. The first kappa shape index (κ1) is 12.2. The maximum atomic E-state index is 5.19. The Balaban J connectivity index is 0.00000112. The monoisotopic (exact) mass is 315 g/mol. The van der Waals surface area contributed by atoms with E-state index in [-0.39, 0.29) is 24.0 Å². The lowest BCUT2D eigenvalue weighted by Crippen LogP contribution is -3.00. The van der Waals surface area contributed by atoms with Crippen LogP contribution in [0.3, 0.4) is 0 Å². The Morgan fingerprint density at radius 3 is 2.53 bits per heavy atom. The maximum Gasteiger partial charge on any atom is 0.178 e. The minimum Gasteiger partial charge on any atom is -1.00 e. The molecule has 0 aliphatic heterocycles. The first-order valence-electron chi connectivity index (χ1n) is 4.65. The van der Waals surface area contributed by atoms with Crippen molar-refractivity contribution >= 4 is 10.8 Å². The van der Waals surface area contributed by atoms with Gasteiger partial charge in [0, 0.05) is 18.4 Å². The lowest BCUT2D eigenvalue weighted by Gasteiger charge is -2.02. The summed E-state index contributed by atoms with van der Waals surface area (Å²) in [7, 11) is 3.75. The van der Waals surface area contributed by atoms with Crippen LogP contribution in [0.25, 0.3) is 10.8 Å². The minimum atomic E-state index is 0. The number of fused-ring (bicyclic) bond motifs is 1. The van der Waals surface area contributed by atoms with Crippen LogP contribution in [0.15, 0.2) is 30.5 Å². The molecule has 0 amide bonds. The van der Waals surface area contributed by atoms with Crippen molar-refractivity contribution in [1.29, 1.82) is 0 Å². The molecule has 0 saturated carbocycles. The van der Waals surface area contributed by atoms with Crippen LogP contribution in [0.5, 0.6) is 5.75 Å². The summed E-state index contributed by atoms with van der Waals surface area (Å²) in [6, 6.07) is 8.28. The van der Waals surface area contributed by atoms with Gasteiger partial charge in [-0.1, -0.05) is 0 Å². The number of ether oxygens (including phenoxy) is 1. The van der Waals surface area contributed by atoms with E-state index >= 15 is 0 Å². The smallest absolute Gasteiger partial charge is 0.178 e. The second-order valence-electron chi connectivity index (χ2n) is 3.52. The molecule has 15 heavy (non-hydrogen) atoms. The van der Waals surface area contributed by atoms with E-state index in [0.717, 1.165) is 5.75 Å². The van der Waals surface area contributed by atoms with Crippen molar-refractivity contribution in [3.63, 3.8) is 0 Å². The Bertz CT molecular complexity index is 482. The fourth-order valence-corrected chi connectivity index (χ4v) is 1.56. The highest BCUT2D eigenvalue weighted by Crippen LogP contribution is 2.19. The summed E-state index contributed by atoms with van der Waals surface area (Å²) in [5, 5.41) is 2.46. The van der Waals surface area contributed by atoms with Crippen molar-refractivity contribution in [1.82, 2.24) is 0 Å². The third-order valence-electron chi connectivity index (χ3n) is 2.55. The van der Waals surface area contributed by atoms with Crippen LogP contribution in [0.4, 0.5) is 0 Å². The maximum absolute atomic E-state index is 5.19. The van der Waals surface area contributed by atoms with Crippen molar-refractivity contribution in [3.05, 3.63) is 36.2 Å². The van der Waals surface area contributed by atoms with Gasteiger partial charge in [-0.05, 0) is 23.6 Å². The van der Waals surface area contributed by atoms with Gasteiger partial charge in [-0.2, -0.15) is 0 Å². The molecule has 0 saturated heterocycles. The number of halogens is 1. The van der Waals surface area contributed by atoms with Crippen LogP contribution >= 0.6 is 0 Å². The van der Waals surface area contributed by atoms with Crippen LogP contribution in [-0.4, -0.2) is 7.11 Å². The van der Waals surface area contributed by atoms with Crippen molar-refractivity contribution in [2.45, 2.75) is 6.92 Å².